The van der Waals surface area contributed by atoms with Gasteiger partial charge in [-0.2, -0.15) is 0 Å². The van der Waals surface area contributed by atoms with Crippen molar-refractivity contribution in [2.75, 3.05) is 11.5 Å². The minimum atomic E-state index is 0.653. The van der Waals surface area contributed by atoms with Gasteiger partial charge in [-0.15, -0.1) is 18.2 Å². The second-order valence-electron chi connectivity index (χ2n) is 2.17. The van der Waals surface area contributed by atoms with E-state index < -0.39 is 0 Å². The van der Waals surface area contributed by atoms with E-state index in [1.165, 1.54) is 0 Å². The number of halogens is 1. The maximum absolute atomic E-state index is 5.72. The van der Waals surface area contributed by atoms with Crippen molar-refractivity contribution < 1.29 is 0 Å². The number of anilines is 1. The van der Waals surface area contributed by atoms with Crippen molar-refractivity contribution in [2.24, 2.45) is 0 Å². The number of hydrogen-bond acceptors (Lipinski definition) is 2. The highest BCUT2D eigenvalue weighted by molar-refractivity contribution is 9.10. The number of terminal acetylenes is 1. The molecule has 0 aliphatic carbocycles. The van der Waals surface area contributed by atoms with Gasteiger partial charge in [0.05, 0.1) is 5.75 Å². The van der Waals surface area contributed by atoms with E-state index in [0.717, 1.165) is 15.1 Å². The van der Waals surface area contributed by atoms with Crippen molar-refractivity contribution in [1.82, 2.24) is 0 Å². The van der Waals surface area contributed by atoms with Crippen LogP contribution in [0.5, 0.6) is 0 Å². The molecule has 0 fully saturated rings. The van der Waals surface area contributed by atoms with Gasteiger partial charge in [-0.05, 0) is 18.2 Å². The van der Waals surface area contributed by atoms with Crippen LogP contribution in [0.4, 0.5) is 5.69 Å². The smallest absolute Gasteiger partial charge is 0.0592 e. The summed E-state index contributed by atoms with van der Waals surface area (Å²) in [7, 11) is 0. The number of nitrogens with two attached hydrogens (primary N) is 1. The van der Waals surface area contributed by atoms with Crippen LogP contribution >= 0.6 is 27.7 Å². The Morgan fingerprint density at radius 1 is 1.58 bits per heavy atom. The summed E-state index contributed by atoms with van der Waals surface area (Å²) in [4.78, 5) is 1.03. The Balaban J connectivity index is 2.84. The lowest BCUT2D eigenvalue weighted by Crippen LogP contribution is -1.88. The van der Waals surface area contributed by atoms with E-state index in [0.29, 0.717) is 5.75 Å². The second kappa shape index (κ2) is 4.44. The Labute approximate surface area is 84.9 Å². The zero-order valence-corrected chi connectivity index (χ0v) is 8.78. The summed E-state index contributed by atoms with van der Waals surface area (Å²) < 4.78 is 1.02. The predicted molar refractivity (Wildman–Crippen MR) is 58.1 cm³/mol. The molecule has 0 atom stereocenters. The third-order valence-electron chi connectivity index (χ3n) is 1.29. The highest BCUT2D eigenvalue weighted by atomic mass is 79.9. The van der Waals surface area contributed by atoms with E-state index in [-0.39, 0.29) is 0 Å². The van der Waals surface area contributed by atoms with Gasteiger partial charge in [0.2, 0.25) is 0 Å². The van der Waals surface area contributed by atoms with E-state index in [1.807, 2.05) is 18.2 Å². The van der Waals surface area contributed by atoms with Crippen molar-refractivity contribution in [1.29, 1.82) is 0 Å². The van der Waals surface area contributed by atoms with Crippen LogP contribution in [0.3, 0.4) is 0 Å². The zero-order chi connectivity index (χ0) is 8.97. The Morgan fingerprint density at radius 3 is 3.00 bits per heavy atom. The van der Waals surface area contributed by atoms with Crippen LogP contribution < -0.4 is 5.73 Å². The molecular formula is C9H8BrNS. The fourth-order valence-corrected chi connectivity index (χ4v) is 1.95. The van der Waals surface area contributed by atoms with Crippen molar-refractivity contribution in [3.63, 3.8) is 0 Å². The van der Waals surface area contributed by atoms with E-state index in [4.69, 9.17) is 12.2 Å². The quantitative estimate of drug-likeness (QED) is 0.490. The number of rotatable bonds is 2. The number of hydrogen-bond donors (Lipinski definition) is 1. The van der Waals surface area contributed by atoms with Gasteiger partial charge >= 0.3 is 0 Å². The molecule has 0 heterocycles. The molecule has 12 heavy (non-hydrogen) atoms. The van der Waals surface area contributed by atoms with Crippen LogP contribution in [0.15, 0.2) is 27.6 Å². The number of nitrogen functional groups attached to an aromatic ring is 1. The van der Waals surface area contributed by atoms with E-state index in [2.05, 4.69) is 21.9 Å². The molecule has 0 saturated carbocycles. The summed E-state index contributed by atoms with van der Waals surface area (Å²) >= 11 is 4.94. The summed E-state index contributed by atoms with van der Waals surface area (Å²) in [6, 6.07) is 5.75. The molecule has 0 aliphatic heterocycles. The normalized spacial score (nSPS) is 9.33. The van der Waals surface area contributed by atoms with Crippen LogP contribution in [0.1, 0.15) is 0 Å². The Morgan fingerprint density at radius 2 is 2.33 bits per heavy atom. The van der Waals surface area contributed by atoms with Crippen LogP contribution in [0.2, 0.25) is 0 Å². The molecule has 0 bridgehead atoms. The van der Waals surface area contributed by atoms with Gasteiger partial charge in [0.15, 0.2) is 0 Å². The summed E-state index contributed by atoms with van der Waals surface area (Å²) in [5, 5.41) is 0. The molecule has 3 heteroatoms. The van der Waals surface area contributed by atoms with Crippen LogP contribution in [0.25, 0.3) is 0 Å². The molecule has 0 unspecified atom stereocenters. The first kappa shape index (κ1) is 9.50. The third kappa shape index (κ3) is 2.47. The van der Waals surface area contributed by atoms with Gasteiger partial charge in [-0.3, -0.25) is 0 Å². The lowest BCUT2D eigenvalue weighted by atomic mass is 10.3. The summed E-state index contributed by atoms with van der Waals surface area (Å²) in [5.41, 5.74) is 6.50. The third-order valence-corrected chi connectivity index (χ3v) is 2.76. The maximum Gasteiger partial charge on any atom is 0.0592 e. The van der Waals surface area contributed by atoms with Crippen molar-refractivity contribution in [2.45, 2.75) is 4.90 Å². The molecule has 0 aliphatic rings. The Bertz CT molecular complexity index is 317. The monoisotopic (exact) mass is 241 g/mol. The number of benzene rings is 1. The standard InChI is InChI=1S/C9H8BrNS/c1-2-5-12-9-6-7(10)3-4-8(9)11/h1,3-4,6H,5,11H2. The van der Waals surface area contributed by atoms with Crippen LogP contribution in [-0.4, -0.2) is 5.75 Å². The molecule has 0 amide bonds. The minimum Gasteiger partial charge on any atom is -0.398 e. The van der Waals surface area contributed by atoms with Gasteiger partial charge in [-0.25, -0.2) is 0 Å². The predicted octanol–water partition coefficient (Wildman–Crippen LogP) is 2.76. The van der Waals surface area contributed by atoms with Gasteiger partial charge in [0.1, 0.15) is 0 Å². The van der Waals surface area contributed by atoms with Crippen molar-refractivity contribution >= 4 is 33.4 Å². The fourth-order valence-electron chi connectivity index (χ4n) is 0.753. The Hall–Kier alpha value is -0.590. The van der Waals surface area contributed by atoms with Gasteiger partial charge in [-0.1, -0.05) is 21.9 Å². The first-order valence-corrected chi connectivity index (χ1v) is 5.13. The summed E-state index contributed by atoms with van der Waals surface area (Å²) in [6.07, 6.45) is 5.14. The van der Waals surface area contributed by atoms with Crippen molar-refractivity contribution in [3.8, 4) is 12.3 Å². The lowest BCUT2D eigenvalue weighted by Gasteiger charge is -2.02. The molecule has 1 rings (SSSR count). The topological polar surface area (TPSA) is 26.0 Å². The molecule has 1 aromatic carbocycles. The number of thioether (sulfide) groups is 1. The average Bonchev–Trinajstić information content (AvgIpc) is 2.07. The van der Waals surface area contributed by atoms with Gasteiger partial charge in [0.25, 0.3) is 0 Å². The van der Waals surface area contributed by atoms with E-state index in [9.17, 15) is 0 Å². The largest absolute Gasteiger partial charge is 0.398 e. The molecule has 0 spiro atoms. The molecule has 0 radical (unpaired) electrons. The highest BCUT2D eigenvalue weighted by Gasteiger charge is 1.98. The molecular weight excluding hydrogens is 234 g/mol. The molecule has 1 nitrogen and oxygen atoms in total. The molecule has 2 N–H and O–H groups in total. The van der Waals surface area contributed by atoms with Crippen LogP contribution in [-0.2, 0) is 0 Å². The summed E-state index contributed by atoms with van der Waals surface area (Å²) in [6.45, 7) is 0. The maximum atomic E-state index is 5.72. The first-order valence-electron chi connectivity index (χ1n) is 3.35. The lowest BCUT2D eigenvalue weighted by molar-refractivity contribution is 1.44. The molecule has 1 aromatic rings. The van der Waals surface area contributed by atoms with Gasteiger partial charge in [0, 0.05) is 15.1 Å². The van der Waals surface area contributed by atoms with Gasteiger partial charge < -0.3 is 5.73 Å². The second-order valence-corrected chi connectivity index (χ2v) is 4.11. The van der Waals surface area contributed by atoms with Crippen molar-refractivity contribution in [3.05, 3.63) is 22.7 Å². The molecule has 0 saturated heterocycles. The SMILES string of the molecule is C#CCSc1cc(Br)ccc1N. The highest BCUT2D eigenvalue weighted by Crippen LogP contribution is 2.27. The van der Waals surface area contributed by atoms with E-state index >= 15 is 0 Å². The average molecular weight is 242 g/mol. The van der Waals surface area contributed by atoms with Crippen LogP contribution in [0, 0.1) is 12.3 Å². The summed E-state index contributed by atoms with van der Waals surface area (Å²) in [5.74, 6) is 3.21. The molecule has 62 valence electrons. The minimum absolute atomic E-state index is 0.653. The first-order chi connectivity index (χ1) is 5.74. The zero-order valence-electron chi connectivity index (χ0n) is 6.38. The van der Waals surface area contributed by atoms with E-state index in [1.54, 1.807) is 11.8 Å². The molecule has 0 aromatic heterocycles. The Kier molecular flexibility index (Phi) is 3.51. The fraction of sp³-hybridized carbons (Fsp3) is 0.111.